The lowest BCUT2D eigenvalue weighted by Gasteiger charge is -2.19. The lowest BCUT2D eigenvalue weighted by molar-refractivity contribution is 0.431. The molecule has 0 spiro atoms. The number of azo groups is 1. The first-order chi connectivity index (χ1) is 8.95. The summed E-state index contributed by atoms with van der Waals surface area (Å²) in [6.07, 6.45) is 6.55. The fourth-order valence-electron chi connectivity index (χ4n) is 1.72. The minimum Gasteiger partial charge on any atom is -0.196 e. The second-order valence-corrected chi connectivity index (χ2v) is 5.53. The van der Waals surface area contributed by atoms with Gasteiger partial charge in [0.25, 0.3) is 0 Å². The van der Waals surface area contributed by atoms with Crippen LogP contribution in [0.5, 0.6) is 0 Å². The van der Waals surface area contributed by atoms with Gasteiger partial charge in [0, 0.05) is 0 Å². The number of nitrogens with zero attached hydrogens (tertiary/aromatic N) is 4. The minimum atomic E-state index is -0.793. The first kappa shape index (κ1) is 17.6. The van der Waals surface area contributed by atoms with Crippen LogP contribution in [0.25, 0.3) is 0 Å². The summed E-state index contributed by atoms with van der Waals surface area (Å²) < 4.78 is 0. The van der Waals surface area contributed by atoms with Gasteiger partial charge >= 0.3 is 0 Å². The Morgan fingerprint density at radius 3 is 1.58 bits per heavy atom. The van der Waals surface area contributed by atoms with Gasteiger partial charge in [0.15, 0.2) is 11.1 Å². The van der Waals surface area contributed by atoms with Crippen LogP contribution in [-0.2, 0) is 0 Å². The largest absolute Gasteiger partial charge is 0.196 e. The predicted molar refractivity (Wildman–Crippen MR) is 76.6 cm³/mol. The summed E-state index contributed by atoms with van der Waals surface area (Å²) in [5.41, 5.74) is -1.58. The average molecular weight is 262 g/mol. The highest BCUT2D eigenvalue weighted by molar-refractivity contribution is 5.07. The number of rotatable bonds is 9. The Balaban J connectivity index is 4.70. The first-order valence-corrected chi connectivity index (χ1v) is 7.22. The van der Waals surface area contributed by atoms with Gasteiger partial charge in [-0.05, 0) is 33.1 Å². The van der Waals surface area contributed by atoms with Crippen LogP contribution in [0.4, 0.5) is 0 Å². The Labute approximate surface area is 117 Å². The Hall–Kier alpha value is -1.42. The molecule has 2 unspecified atom stereocenters. The van der Waals surface area contributed by atoms with Crippen molar-refractivity contribution in [2.45, 2.75) is 83.7 Å². The molecule has 0 aliphatic carbocycles. The highest BCUT2D eigenvalue weighted by Gasteiger charge is 2.27. The van der Waals surface area contributed by atoms with Gasteiger partial charge in [-0.25, -0.2) is 0 Å². The second-order valence-electron chi connectivity index (χ2n) is 5.53. The third-order valence-electron chi connectivity index (χ3n) is 3.26. The van der Waals surface area contributed by atoms with E-state index in [2.05, 4.69) is 36.2 Å². The molecule has 0 bridgehead atoms. The molecule has 0 radical (unpaired) electrons. The average Bonchev–Trinajstić information content (AvgIpc) is 2.43. The fraction of sp³-hybridized carbons (Fsp3) is 0.867. The van der Waals surface area contributed by atoms with Gasteiger partial charge in [-0.1, -0.05) is 39.5 Å². The van der Waals surface area contributed by atoms with Crippen LogP contribution in [0.2, 0.25) is 0 Å². The van der Waals surface area contributed by atoms with Crippen molar-refractivity contribution in [1.82, 2.24) is 0 Å². The van der Waals surface area contributed by atoms with Crippen LogP contribution in [0, 0.1) is 22.7 Å². The molecule has 0 rings (SSSR count). The number of nitriles is 2. The van der Waals surface area contributed by atoms with Gasteiger partial charge in [-0.3, -0.25) is 0 Å². The van der Waals surface area contributed by atoms with E-state index >= 15 is 0 Å². The molecular weight excluding hydrogens is 236 g/mol. The van der Waals surface area contributed by atoms with Crippen molar-refractivity contribution in [3.8, 4) is 12.1 Å². The zero-order valence-electron chi connectivity index (χ0n) is 12.7. The van der Waals surface area contributed by atoms with E-state index in [-0.39, 0.29) is 0 Å². The normalized spacial score (nSPS) is 17.4. The van der Waals surface area contributed by atoms with Crippen LogP contribution in [-0.4, -0.2) is 11.1 Å². The third kappa shape index (κ3) is 6.91. The quantitative estimate of drug-likeness (QED) is 0.443. The van der Waals surface area contributed by atoms with Crippen molar-refractivity contribution in [3.63, 3.8) is 0 Å². The zero-order chi connectivity index (χ0) is 14.8. The SMILES string of the molecule is CCCCCC(C)(C#N)N=NC(C)(C#N)CCCC. The molecule has 2 atom stereocenters. The fourth-order valence-corrected chi connectivity index (χ4v) is 1.72. The lowest BCUT2D eigenvalue weighted by Crippen LogP contribution is -2.23. The monoisotopic (exact) mass is 262 g/mol. The molecule has 0 aliphatic heterocycles. The molecule has 0 fully saturated rings. The van der Waals surface area contributed by atoms with E-state index in [0.717, 1.165) is 32.1 Å². The molecule has 0 N–H and O–H groups in total. The maximum absolute atomic E-state index is 9.24. The molecule has 0 aromatic heterocycles. The minimum absolute atomic E-state index is 0.694. The number of unbranched alkanes of at least 4 members (excludes halogenated alkanes) is 3. The molecule has 19 heavy (non-hydrogen) atoms. The molecule has 0 saturated heterocycles. The van der Waals surface area contributed by atoms with Gasteiger partial charge < -0.3 is 0 Å². The van der Waals surface area contributed by atoms with E-state index < -0.39 is 11.1 Å². The van der Waals surface area contributed by atoms with Gasteiger partial charge in [0.2, 0.25) is 0 Å². The van der Waals surface area contributed by atoms with Crippen LogP contribution in [0.15, 0.2) is 10.2 Å². The summed E-state index contributed by atoms with van der Waals surface area (Å²) in [5.74, 6) is 0. The van der Waals surface area contributed by atoms with Gasteiger partial charge in [-0.2, -0.15) is 20.8 Å². The molecule has 106 valence electrons. The molecule has 4 nitrogen and oxygen atoms in total. The van der Waals surface area contributed by atoms with E-state index in [1.54, 1.807) is 13.8 Å². The number of hydrogen-bond acceptors (Lipinski definition) is 4. The first-order valence-electron chi connectivity index (χ1n) is 7.22. The summed E-state index contributed by atoms with van der Waals surface area (Å²) in [6, 6.07) is 4.43. The topological polar surface area (TPSA) is 72.3 Å². The maximum Gasteiger partial charge on any atom is 0.164 e. The summed E-state index contributed by atoms with van der Waals surface area (Å²) in [6.45, 7) is 7.79. The van der Waals surface area contributed by atoms with E-state index in [4.69, 9.17) is 0 Å². The molecule has 0 saturated carbocycles. The van der Waals surface area contributed by atoms with E-state index in [1.807, 2.05) is 0 Å². The van der Waals surface area contributed by atoms with Crippen molar-refractivity contribution in [3.05, 3.63) is 0 Å². The molecule has 0 aromatic rings. The van der Waals surface area contributed by atoms with Crippen LogP contribution < -0.4 is 0 Å². The maximum atomic E-state index is 9.24. The molecule has 0 aromatic carbocycles. The van der Waals surface area contributed by atoms with Crippen molar-refractivity contribution in [1.29, 1.82) is 10.5 Å². The Morgan fingerprint density at radius 1 is 0.789 bits per heavy atom. The highest BCUT2D eigenvalue weighted by Crippen LogP contribution is 2.24. The lowest BCUT2D eigenvalue weighted by atomic mass is 9.96. The van der Waals surface area contributed by atoms with Crippen LogP contribution >= 0.6 is 0 Å². The molecule has 0 aliphatic rings. The molecule has 0 heterocycles. The highest BCUT2D eigenvalue weighted by atomic mass is 15.2. The molecule has 4 heteroatoms. The second kappa shape index (κ2) is 8.64. The Bertz CT molecular complexity index is 363. The predicted octanol–water partition coefficient (Wildman–Crippen LogP) is 4.77. The van der Waals surface area contributed by atoms with E-state index in [9.17, 15) is 10.5 Å². The van der Waals surface area contributed by atoms with Crippen molar-refractivity contribution in [2.24, 2.45) is 10.2 Å². The molecule has 0 amide bonds. The van der Waals surface area contributed by atoms with Crippen molar-refractivity contribution < 1.29 is 0 Å². The zero-order valence-corrected chi connectivity index (χ0v) is 12.7. The van der Waals surface area contributed by atoms with Crippen LogP contribution in [0.1, 0.15) is 72.6 Å². The smallest absolute Gasteiger partial charge is 0.164 e. The third-order valence-corrected chi connectivity index (χ3v) is 3.26. The van der Waals surface area contributed by atoms with E-state index in [0.29, 0.717) is 12.8 Å². The van der Waals surface area contributed by atoms with Gasteiger partial charge in [0.1, 0.15) is 0 Å². The summed E-state index contributed by atoms with van der Waals surface area (Å²) in [4.78, 5) is 0. The van der Waals surface area contributed by atoms with Crippen LogP contribution in [0.3, 0.4) is 0 Å². The Kier molecular flexibility index (Phi) is 8.00. The van der Waals surface area contributed by atoms with E-state index in [1.165, 1.54) is 0 Å². The summed E-state index contributed by atoms with van der Waals surface area (Å²) >= 11 is 0. The van der Waals surface area contributed by atoms with Crippen molar-refractivity contribution >= 4 is 0 Å². The van der Waals surface area contributed by atoms with Crippen molar-refractivity contribution in [2.75, 3.05) is 0 Å². The van der Waals surface area contributed by atoms with Gasteiger partial charge in [-0.15, -0.1) is 0 Å². The summed E-state index contributed by atoms with van der Waals surface area (Å²) in [7, 11) is 0. The Morgan fingerprint density at radius 2 is 1.21 bits per heavy atom. The molecular formula is C15H26N4. The van der Waals surface area contributed by atoms with Gasteiger partial charge in [0.05, 0.1) is 12.1 Å². The summed E-state index contributed by atoms with van der Waals surface area (Å²) in [5, 5.41) is 26.8. The number of hydrogen-bond donors (Lipinski definition) is 0. The standard InChI is InChI=1S/C15H26N4/c1-5-7-9-11-15(4,13-17)19-18-14(3,12-16)10-8-6-2/h5-11H2,1-4H3.